The van der Waals surface area contributed by atoms with Crippen LogP contribution in [0.1, 0.15) is 25.3 Å². The maximum absolute atomic E-state index is 10.5. The Balaban J connectivity index is 3.32. The summed E-state index contributed by atoms with van der Waals surface area (Å²) in [7, 11) is 1.54. The highest BCUT2D eigenvalue weighted by Crippen LogP contribution is 2.36. The maximum atomic E-state index is 10.5. The Morgan fingerprint density at radius 2 is 2.07 bits per heavy atom. The number of hydrogen-bond donors (Lipinski definition) is 0. The van der Waals surface area contributed by atoms with E-state index in [-0.39, 0.29) is 5.92 Å². The zero-order valence-corrected chi connectivity index (χ0v) is 9.13. The Hall–Kier alpha value is -1.09. The van der Waals surface area contributed by atoms with Crippen LogP contribution in [-0.2, 0) is 0 Å². The van der Waals surface area contributed by atoms with Crippen LogP contribution in [0, 0.1) is 4.91 Å². The molecule has 0 bridgehead atoms. The molecule has 1 aromatic carbocycles. The zero-order valence-electron chi connectivity index (χ0n) is 8.37. The van der Waals surface area contributed by atoms with Gasteiger partial charge in [0.15, 0.2) is 0 Å². The molecule has 0 fully saturated rings. The van der Waals surface area contributed by atoms with Crippen molar-refractivity contribution in [3.8, 4) is 5.75 Å². The standard InChI is InChI=1S/C10H12ClNO2/c1-6(2)7-4-10(14-3)8(11)5-9(7)12-13/h4-6H,1-3H3. The van der Waals surface area contributed by atoms with Crippen LogP contribution in [0.15, 0.2) is 17.3 Å². The van der Waals surface area contributed by atoms with Crippen LogP contribution in [0.25, 0.3) is 0 Å². The number of ether oxygens (including phenoxy) is 1. The van der Waals surface area contributed by atoms with Gasteiger partial charge in [0.25, 0.3) is 0 Å². The van der Waals surface area contributed by atoms with E-state index in [9.17, 15) is 4.91 Å². The minimum absolute atomic E-state index is 0.217. The van der Waals surface area contributed by atoms with Gasteiger partial charge in [-0.05, 0) is 28.8 Å². The van der Waals surface area contributed by atoms with Crippen molar-refractivity contribution in [3.63, 3.8) is 0 Å². The minimum atomic E-state index is 0.217. The molecule has 0 aliphatic heterocycles. The van der Waals surface area contributed by atoms with E-state index in [0.29, 0.717) is 16.5 Å². The van der Waals surface area contributed by atoms with E-state index in [1.54, 1.807) is 13.2 Å². The van der Waals surface area contributed by atoms with Crippen molar-refractivity contribution in [2.24, 2.45) is 5.18 Å². The van der Waals surface area contributed by atoms with Crippen LogP contribution < -0.4 is 4.74 Å². The molecule has 1 rings (SSSR count). The summed E-state index contributed by atoms with van der Waals surface area (Å²) in [5.41, 5.74) is 1.23. The third kappa shape index (κ3) is 2.04. The fourth-order valence-corrected chi connectivity index (χ4v) is 1.49. The molecular weight excluding hydrogens is 202 g/mol. The first kappa shape index (κ1) is 11.0. The molecule has 0 saturated heterocycles. The molecule has 0 atom stereocenters. The molecule has 0 amide bonds. The van der Waals surface area contributed by atoms with Crippen molar-refractivity contribution in [1.82, 2.24) is 0 Å². The molecule has 0 aromatic heterocycles. The summed E-state index contributed by atoms with van der Waals surface area (Å²) in [6.07, 6.45) is 0. The van der Waals surface area contributed by atoms with Crippen LogP contribution in [-0.4, -0.2) is 7.11 Å². The van der Waals surface area contributed by atoms with Crippen molar-refractivity contribution in [2.45, 2.75) is 19.8 Å². The minimum Gasteiger partial charge on any atom is -0.495 e. The van der Waals surface area contributed by atoms with Gasteiger partial charge in [-0.25, -0.2) is 0 Å². The first-order valence-corrected chi connectivity index (χ1v) is 4.68. The van der Waals surface area contributed by atoms with Crippen molar-refractivity contribution >= 4 is 17.3 Å². The second kappa shape index (κ2) is 4.42. The van der Waals surface area contributed by atoms with Crippen LogP contribution in [0.4, 0.5) is 5.69 Å². The molecule has 0 unspecified atom stereocenters. The summed E-state index contributed by atoms with van der Waals surface area (Å²) in [6, 6.07) is 3.28. The Morgan fingerprint density at radius 3 is 2.50 bits per heavy atom. The predicted molar refractivity (Wildman–Crippen MR) is 57.5 cm³/mol. The van der Waals surface area contributed by atoms with Gasteiger partial charge in [0.1, 0.15) is 11.4 Å². The quantitative estimate of drug-likeness (QED) is 0.715. The number of halogens is 1. The van der Waals surface area contributed by atoms with E-state index in [2.05, 4.69) is 5.18 Å². The number of rotatable bonds is 3. The topological polar surface area (TPSA) is 38.7 Å². The monoisotopic (exact) mass is 213 g/mol. The Kier molecular flexibility index (Phi) is 3.47. The van der Waals surface area contributed by atoms with Crippen molar-refractivity contribution in [2.75, 3.05) is 7.11 Å². The predicted octanol–water partition coefficient (Wildman–Crippen LogP) is 3.87. The average Bonchev–Trinajstić information content (AvgIpc) is 2.16. The highest BCUT2D eigenvalue weighted by Gasteiger charge is 2.12. The van der Waals surface area contributed by atoms with Gasteiger partial charge in [-0.1, -0.05) is 25.4 Å². The lowest BCUT2D eigenvalue weighted by Crippen LogP contribution is -1.91. The van der Waals surface area contributed by atoms with Gasteiger partial charge in [0.05, 0.1) is 12.1 Å². The number of benzene rings is 1. The molecule has 0 aliphatic rings. The fraction of sp³-hybridized carbons (Fsp3) is 0.400. The first-order valence-electron chi connectivity index (χ1n) is 4.31. The van der Waals surface area contributed by atoms with Crippen LogP contribution in [0.3, 0.4) is 0 Å². The van der Waals surface area contributed by atoms with E-state index in [1.165, 1.54) is 6.07 Å². The first-order chi connectivity index (χ1) is 6.60. The number of methoxy groups -OCH3 is 1. The Bertz CT molecular complexity index is 350. The van der Waals surface area contributed by atoms with E-state index in [1.807, 2.05) is 13.8 Å². The second-order valence-corrected chi connectivity index (χ2v) is 3.70. The second-order valence-electron chi connectivity index (χ2n) is 3.29. The van der Waals surface area contributed by atoms with Crippen molar-refractivity contribution in [1.29, 1.82) is 0 Å². The summed E-state index contributed by atoms with van der Waals surface area (Å²) in [5.74, 6) is 0.789. The normalized spacial score (nSPS) is 10.4. The molecule has 4 heteroatoms. The van der Waals surface area contributed by atoms with Gasteiger partial charge in [0.2, 0.25) is 0 Å². The summed E-state index contributed by atoms with van der Waals surface area (Å²) >= 11 is 5.86. The molecule has 3 nitrogen and oxygen atoms in total. The largest absolute Gasteiger partial charge is 0.495 e. The summed E-state index contributed by atoms with van der Waals surface area (Å²) in [4.78, 5) is 10.5. The Labute approximate surface area is 88.0 Å². The van der Waals surface area contributed by atoms with Crippen molar-refractivity contribution < 1.29 is 4.74 Å². The van der Waals surface area contributed by atoms with Crippen molar-refractivity contribution in [3.05, 3.63) is 27.6 Å². The highest BCUT2D eigenvalue weighted by atomic mass is 35.5. The van der Waals surface area contributed by atoms with Crippen LogP contribution in [0.2, 0.25) is 5.02 Å². The lowest BCUT2D eigenvalue weighted by atomic mass is 10.0. The molecule has 0 saturated carbocycles. The van der Waals surface area contributed by atoms with Gasteiger partial charge < -0.3 is 4.74 Å². The smallest absolute Gasteiger partial charge is 0.137 e. The van der Waals surface area contributed by atoms with Crippen LogP contribution >= 0.6 is 11.6 Å². The van der Waals surface area contributed by atoms with Gasteiger partial charge >= 0.3 is 0 Å². The zero-order chi connectivity index (χ0) is 10.7. The van der Waals surface area contributed by atoms with Gasteiger partial charge in [-0.3, -0.25) is 0 Å². The molecule has 1 aromatic rings. The lowest BCUT2D eigenvalue weighted by molar-refractivity contribution is 0.414. The molecular formula is C10H12ClNO2. The van der Waals surface area contributed by atoms with Gasteiger partial charge in [-0.2, -0.15) is 0 Å². The number of nitrogens with zero attached hydrogens (tertiary/aromatic N) is 1. The molecule has 0 N–H and O–H groups in total. The van der Waals surface area contributed by atoms with E-state index in [4.69, 9.17) is 16.3 Å². The molecule has 0 aliphatic carbocycles. The summed E-state index contributed by atoms with van der Waals surface area (Å²) in [6.45, 7) is 3.97. The maximum Gasteiger partial charge on any atom is 0.137 e. The third-order valence-corrected chi connectivity index (χ3v) is 2.32. The lowest BCUT2D eigenvalue weighted by Gasteiger charge is -2.10. The van der Waals surface area contributed by atoms with E-state index in [0.717, 1.165) is 5.56 Å². The molecule has 0 radical (unpaired) electrons. The van der Waals surface area contributed by atoms with E-state index < -0.39 is 0 Å². The Morgan fingerprint density at radius 1 is 1.43 bits per heavy atom. The number of nitroso groups, excluding NO2 is 1. The summed E-state index contributed by atoms with van der Waals surface area (Å²) < 4.78 is 5.06. The molecule has 0 heterocycles. The third-order valence-electron chi connectivity index (χ3n) is 2.02. The molecule has 76 valence electrons. The number of hydrogen-bond acceptors (Lipinski definition) is 3. The molecule has 14 heavy (non-hydrogen) atoms. The molecule has 0 spiro atoms. The van der Waals surface area contributed by atoms with Gasteiger partial charge in [0, 0.05) is 0 Å². The van der Waals surface area contributed by atoms with E-state index >= 15 is 0 Å². The van der Waals surface area contributed by atoms with Crippen LogP contribution in [0.5, 0.6) is 5.75 Å². The fourth-order valence-electron chi connectivity index (χ4n) is 1.26. The van der Waals surface area contributed by atoms with Gasteiger partial charge in [-0.15, -0.1) is 4.91 Å². The SMILES string of the molecule is COc1cc(C(C)C)c(N=O)cc1Cl. The summed E-state index contributed by atoms with van der Waals surface area (Å²) in [5, 5.41) is 3.35. The highest BCUT2D eigenvalue weighted by molar-refractivity contribution is 6.32. The average molecular weight is 214 g/mol.